The molecule has 1 fully saturated rings. The molecule has 0 radical (unpaired) electrons. The number of hydrogen-bond donors (Lipinski definition) is 2. The summed E-state index contributed by atoms with van der Waals surface area (Å²) >= 11 is 0. The summed E-state index contributed by atoms with van der Waals surface area (Å²) in [6, 6.07) is 12.8. The van der Waals surface area contributed by atoms with E-state index in [1.54, 1.807) is 12.1 Å². The Kier molecular flexibility index (Phi) is 7.99. The van der Waals surface area contributed by atoms with Crippen LogP contribution in [0.25, 0.3) is 0 Å². The van der Waals surface area contributed by atoms with Crippen LogP contribution in [0.1, 0.15) is 39.9 Å². The van der Waals surface area contributed by atoms with Crippen LogP contribution >= 0.6 is 0 Å². The van der Waals surface area contributed by atoms with Gasteiger partial charge in [0, 0.05) is 50.3 Å². The average molecular weight is 481 g/mol. The average Bonchev–Trinajstić information content (AvgIpc) is 3.20. The second-order valence-electron chi connectivity index (χ2n) is 8.88. The van der Waals surface area contributed by atoms with Crippen LogP contribution in [0.5, 0.6) is 5.75 Å². The van der Waals surface area contributed by atoms with Crippen molar-refractivity contribution in [2.75, 3.05) is 33.3 Å². The molecule has 35 heavy (non-hydrogen) atoms. The fourth-order valence-electron chi connectivity index (χ4n) is 4.55. The number of nitrogens with one attached hydrogen (secondary N) is 1. The van der Waals surface area contributed by atoms with E-state index in [1.807, 2.05) is 6.07 Å². The summed E-state index contributed by atoms with van der Waals surface area (Å²) in [5, 5.41) is 3.37. The summed E-state index contributed by atoms with van der Waals surface area (Å²) in [5.41, 5.74) is 9.06. The minimum atomic E-state index is -0.898. The summed E-state index contributed by atoms with van der Waals surface area (Å²) in [6.45, 7) is 5.66. The Morgan fingerprint density at radius 2 is 1.80 bits per heavy atom. The zero-order valence-electron chi connectivity index (χ0n) is 20.0. The maximum atomic E-state index is 13.0. The zero-order chi connectivity index (χ0) is 24.8. The van der Waals surface area contributed by atoms with Crippen molar-refractivity contribution in [2.45, 2.75) is 38.6 Å². The highest BCUT2D eigenvalue weighted by Crippen LogP contribution is 2.33. The monoisotopic (exact) mass is 480 g/mol. The SMILES string of the molecule is COC(=O)CCC(C(N)=O)N1Cc2c(OCc3ccc(CN4CCNCC4)cc3)cccc2C1=O. The number of ether oxygens (including phenoxy) is 2. The van der Waals surface area contributed by atoms with Crippen molar-refractivity contribution in [3.63, 3.8) is 0 Å². The molecule has 2 aliphatic heterocycles. The molecular weight excluding hydrogens is 448 g/mol. The molecule has 0 aliphatic carbocycles. The van der Waals surface area contributed by atoms with Crippen LogP contribution in [-0.4, -0.2) is 66.9 Å². The molecule has 9 heteroatoms. The van der Waals surface area contributed by atoms with E-state index in [9.17, 15) is 14.4 Å². The molecule has 9 nitrogen and oxygen atoms in total. The third-order valence-electron chi connectivity index (χ3n) is 6.54. The Morgan fingerprint density at radius 3 is 2.49 bits per heavy atom. The molecule has 2 amide bonds. The summed E-state index contributed by atoms with van der Waals surface area (Å²) in [4.78, 5) is 40.5. The molecule has 1 atom stereocenters. The highest BCUT2D eigenvalue weighted by molar-refractivity contribution is 6.01. The normalized spacial score (nSPS) is 16.6. The van der Waals surface area contributed by atoms with Crippen molar-refractivity contribution in [1.82, 2.24) is 15.1 Å². The van der Waals surface area contributed by atoms with Gasteiger partial charge < -0.3 is 25.4 Å². The quantitative estimate of drug-likeness (QED) is 0.495. The predicted molar refractivity (Wildman–Crippen MR) is 129 cm³/mol. The van der Waals surface area contributed by atoms with Crippen molar-refractivity contribution in [2.24, 2.45) is 5.73 Å². The second-order valence-corrected chi connectivity index (χ2v) is 8.88. The summed E-state index contributed by atoms with van der Waals surface area (Å²) < 4.78 is 10.7. The number of carbonyl (C=O) groups is 3. The lowest BCUT2D eigenvalue weighted by Crippen LogP contribution is -2.45. The first-order valence-corrected chi connectivity index (χ1v) is 11.9. The summed E-state index contributed by atoms with van der Waals surface area (Å²) in [7, 11) is 1.28. The highest BCUT2D eigenvalue weighted by atomic mass is 16.5. The van der Waals surface area contributed by atoms with E-state index in [0.29, 0.717) is 17.9 Å². The van der Waals surface area contributed by atoms with Gasteiger partial charge >= 0.3 is 5.97 Å². The van der Waals surface area contributed by atoms with E-state index in [2.05, 4.69) is 39.2 Å². The fourth-order valence-corrected chi connectivity index (χ4v) is 4.55. The number of fused-ring (bicyclic) bond motifs is 1. The number of piperazine rings is 1. The van der Waals surface area contributed by atoms with Crippen LogP contribution in [0.2, 0.25) is 0 Å². The van der Waals surface area contributed by atoms with Gasteiger partial charge in [-0.1, -0.05) is 30.3 Å². The van der Waals surface area contributed by atoms with Crippen molar-refractivity contribution >= 4 is 17.8 Å². The number of carbonyl (C=O) groups excluding carboxylic acids is 3. The van der Waals surface area contributed by atoms with Gasteiger partial charge in [-0.3, -0.25) is 19.3 Å². The van der Waals surface area contributed by atoms with E-state index < -0.39 is 17.9 Å². The first kappa shape index (κ1) is 24.7. The molecule has 0 bridgehead atoms. The predicted octanol–water partition coefficient (Wildman–Crippen LogP) is 1.43. The standard InChI is InChI=1S/C26H32N4O5/c1-34-24(31)10-9-22(25(27)32)30-16-21-20(26(30)33)3-2-4-23(21)35-17-19-7-5-18(6-8-19)15-29-13-11-28-12-14-29/h2-8,22,28H,9-17H2,1H3,(H2,27,32). The Labute approximate surface area is 205 Å². The Bertz CT molecular complexity index is 1070. The minimum absolute atomic E-state index is 0.00175. The van der Waals surface area contributed by atoms with Gasteiger partial charge in [0.05, 0.1) is 13.7 Å². The molecule has 1 unspecified atom stereocenters. The van der Waals surface area contributed by atoms with Gasteiger partial charge in [-0.15, -0.1) is 0 Å². The first-order valence-electron chi connectivity index (χ1n) is 11.9. The van der Waals surface area contributed by atoms with Crippen molar-refractivity contribution < 1.29 is 23.9 Å². The number of nitrogens with zero attached hydrogens (tertiary/aromatic N) is 2. The van der Waals surface area contributed by atoms with E-state index in [1.165, 1.54) is 17.6 Å². The van der Waals surface area contributed by atoms with Crippen LogP contribution < -0.4 is 15.8 Å². The number of nitrogens with two attached hydrogens (primary N) is 1. The molecule has 186 valence electrons. The molecule has 2 aliphatic rings. The van der Waals surface area contributed by atoms with Crippen LogP contribution in [0.15, 0.2) is 42.5 Å². The van der Waals surface area contributed by atoms with Crippen LogP contribution in [0.3, 0.4) is 0 Å². The van der Waals surface area contributed by atoms with Gasteiger partial charge in [0.1, 0.15) is 18.4 Å². The number of benzene rings is 2. The van der Waals surface area contributed by atoms with Gasteiger partial charge in [0.25, 0.3) is 5.91 Å². The third kappa shape index (κ3) is 5.98. The van der Waals surface area contributed by atoms with Crippen molar-refractivity contribution in [1.29, 1.82) is 0 Å². The Hall–Kier alpha value is -3.43. The van der Waals surface area contributed by atoms with Gasteiger partial charge in [0.2, 0.25) is 5.91 Å². The number of esters is 1. The molecule has 0 saturated carbocycles. The first-order chi connectivity index (χ1) is 17.0. The molecule has 2 aromatic carbocycles. The molecule has 2 heterocycles. The van der Waals surface area contributed by atoms with Gasteiger partial charge in [0.15, 0.2) is 0 Å². The largest absolute Gasteiger partial charge is 0.489 e. The maximum Gasteiger partial charge on any atom is 0.305 e. The van der Waals surface area contributed by atoms with Crippen LogP contribution in [0.4, 0.5) is 0 Å². The summed E-state index contributed by atoms with van der Waals surface area (Å²) in [5.74, 6) is -0.808. The van der Waals surface area contributed by atoms with E-state index in [-0.39, 0.29) is 25.3 Å². The molecule has 3 N–H and O–H groups in total. The van der Waals surface area contributed by atoms with Crippen LogP contribution in [-0.2, 0) is 34.0 Å². The lowest BCUT2D eigenvalue weighted by Gasteiger charge is -2.27. The molecule has 0 spiro atoms. The number of primary amides is 1. The van der Waals surface area contributed by atoms with E-state index in [4.69, 9.17) is 10.5 Å². The lowest BCUT2D eigenvalue weighted by atomic mass is 10.1. The van der Waals surface area contributed by atoms with E-state index >= 15 is 0 Å². The maximum absolute atomic E-state index is 13.0. The fraction of sp³-hybridized carbons (Fsp3) is 0.423. The highest BCUT2D eigenvalue weighted by Gasteiger charge is 2.37. The van der Waals surface area contributed by atoms with E-state index in [0.717, 1.165) is 43.9 Å². The molecule has 0 aromatic heterocycles. The van der Waals surface area contributed by atoms with Gasteiger partial charge in [-0.25, -0.2) is 0 Å². The smallest absolute Gasteiger partial charge is 0.305 e. The minimum Gasteiger partial charge on any atom is -0.489 e. The number of amides is 2. The number of hydrogen-bond acceptors (Lipinski definition) is 7. The van der Waals surface area contributed by atoms with Crippen molar-refractivity contribution in [3.8, 4) is 5.75 Å². The summed E-state index contributed by atoms with van der Waals surface area (Å²) in [6.07, 6.45) is 0.108. The number of methoxy groups -OCH3 is 1. The molecule has 4 rings (SSSR count). The number of rotatable bonds is 10. The van der Waals surface area contributed by atoms with Crippen LogP contribution in [0, 0.1) is 0 Å². The second kappa shape index (κ2) is 11.3. The Morgan fingerprint density at radius 1 is 1.09 bits per heavy atom. The van der Waals surface area contributed by atoms with Gasteiger partial charge in [-0.2, -0.15) is 0 Å². The van der Waals surface area contributed by atoms with Gasteiger partial charge in [-0.05, 0) is 29.7 Å². The molecular formula is C26H32N4O5. The Balaban J connectivity index is 1.39. The molecule has 1 saturated heterocycles. The molecule has 2 aromatic rings. The topological polar surface area (TPSA) is 114 Å². The third-order valence-corrected chi connectivity index (χ3v) is 6.54. The zero-order valence-corrected chi connectivity index (χ0v) is 20.0. The van der Waals surface area contributed by atoms with Crippen molar-refractivity contribution in [3.05, 3.63) is 64.7 Å². The lowest BCUT2D eigenvalue weighted by molar-refractivity contribution is -0.141.